The van der Waals surface area contributed by atoms with E-state index in [1.807, 2.05) is 42.5 Å². The Bertz CT molecular complexity index is 1370. The van der Waals surface area contributed by atoms with Crippen LogP contribution in [0.4, 0.5) is 5.69 Å². The van der Waals surface area contributed by atoms with Crippen molar-refractivity contribution >= 4 is 57.7 Å². The zero-order valence-corrected chi connectivity index (χ0v) is 20.4. The number of halogens is 1. The summed E-state index contributed by atoms with van der Waals surface area (Å²) in [7, 11) is 0. The average Bonchev–Trinajstić information content (AvgIpc) is 3.27. The van der Waals surface area contributed by atoms with Crippen LogP contribution in [0, 0.1) is 0 Å². The number of carbonyl (C=O) groups excluding carboxylic acids is 1. The van der Waals surface area contributed by atoms with Gasteiger partial charge in [-0.05, 0) is 72.1 Å². The monoisotopic (exact) mass is 489 g/mol. The number of oxazole rings is 1. The van der Waals surface area contributed by atoms with E-state index in [2.05, 4.69) is 41.6 Å². The molecule has 3 aromatic carbocycles. The SMILES string of the molecule is CCC(C)c1ccc2oc(-c3ccc(Cl)c(NC(=S)NC(=O)C=Cc4ccccc4)c3)nc2c1. The molecule has 2 N–H and O–H groups in total. The third kappa shape index (κ3) is 5.71. The molecule has 0 spiro atoms. The maximum absolute atomic E-state index is 12.2. The van der Waals surface area contributed by atoms with Gasteiger partial charge >= 0.3 is 0 Å². The van der Waals surface area contributed by atoms with E-state index in [-0.39, 0.29) is 11.0 Å². The molecule has 1 atom stereocenters. The lowest BCUT2D eigenvalue weighted by molar-refractivity contribution is -0.115. The lowest BCUT2D eigenvalue weighted by atomic mass is 9.98. The number of benzene rings is 3. The van der Waals surface area contributed by atoms with Crippen LogP contribution >= 0.6 is 23.8 Å². The minimum atomic E-state index is -0.343. The Labute approximate surface area is 208 Å². The number of anilines is 1. The molecule has 0 fully saturated rings. The van der Waals surface area contributed by atoms with Gasteiger partial charge < -0.3 is 9.73 Å². The molecule has 0 radical (unpaired) electrons. The standard InChI is InChI=1S/C27H24ClN3O2S/c1-3-17(2)19-11-13-24-23(15-19)29-26(33-24)20-10-12-21(28)22(16-20)30-27(34)31-25(32)14-9-18-7-5-4-6-8-18/h4-17H,3H2,1-2H3,(H2,30,31,32,34). The predicted octanol–water partition coefficient (Wildman–Crippen LogP) is 7.19. The Hall–Kier alpha value is -3.48. The van der Waals surface area contributed by atoms with Crippen molar-refractivity contribution in [3.8, 4) is 11.5 Å². The number of fused-ring (bicyclic) bond motifs is 1. The minimum absolute atomic E-state index is 0.137. The molecule has 0 aliphatic carbocycles. The van der Waals surface area contributed by atoms with Gasteiger partial charge in [0.2, 0.25) is 11.8 Å². The van der Waals surface area contributed by atoms with Crippen LogP contribution in [-0.4, -0.2) is 16.0 Å². The Morgan fingerprint density at radius 2 is 1.94 bits per heavy atom. The summed E-state index contributed by atoms with van der Waals surface area (Å²) in [5, 5.41) is 6.20. The Kier molecular flexibility index (Phi) is 7.40. The summed E-state index contributed by atoms with van der Waals surface area (Å²) in [6.07, 6.45) is 4.19. The van der Waals surface area contributed by atoms with Crippen molar-refractivity contribution in [1.29, 1.82) is 0 Å². The molecule has 0 aliphatic heterocycles. The van der Waals surface area contributed by atoms with Crippen LogP contribution in [0.15, 0.2) is 77.2 Å². The van der Waals surface area contributed by atoms with Gasteiger partial charge in [0.05, 0.1) is 10.7 Å². The summed E-state index contributed by atoms with van der Waals surface area (Å²) in [5.74, 6) is 0.594. The number of thiocarbonyl (C=S) groups is 1. The van der Waals surface area contributed by atoms with E-state index in [4.69, 9.17) is 28.2 Å². The highest BCUT2D eigenvalue weighted by Crippen LogP contribution is 2.31. The first-order chi connectivity index (χ1) is 16.4. The fourth-order valence-electron chi connectivity index (χ4n) is 3.41. The molecular weight excluding hydrogens is 466 g/mol. The topological polar surface area (TPSA) is 67.2 Å². The molecule has 5 nitrogen and oxygen atoms in total. The molecule has 1 unspecified atom stereocenters. The highest BCUT2D eigenvalue weighted by molar-refractivity contribution is 7.80. The Morgan fingerprint density at radius 3 is 2.71 bits per heavy atom. The van der Waals surface area contributed by atoms with Gasteiger partial charge in [0.15, 0.2) is 10.7 Å². The molecule has 0 bridgehead atoms. The Balaban J connectivity index is 1.48. The molecule has 4 aromatic rings. The predicted molar refractivity (Wildman–Crippen MR) is 143 cm³/mol. The molecule has 7 heteroatoms. The van der Waals surface area contributed by atoms with Crippen LogP contribution in [0.25, 0.3) is 28.6 Å². The Morgan fingerprint density at radius 1 is 1.15 bits per heavy atom. The van der Waals surface area contributed by atoms with Crippen molar-refractivity contribution in [3.05, 3.63) is 89.0 Å². The van der Waals surface area contributed by atoms with E-state index in [1.54, 1.807) is 18.2 Å². The fraction of sp³-hybridized carbons (Fsp3) is 0.148. The third-order valence-corrected chi connectivity index (χ3v) is 6.05. The van der Waals surface area contributed by atoms with Gasteiger partial charge in [-0.2, -0.15) is 0 Å². The molecule has 1 aromatic heterocycles. The van der Waals surface area contributed by atoms with Crippen LogP contribution in [0.1, 0.15) is 37.3 Å². The summed E-state index contributed by atoms with van der Waals surface area (Å²) in [6, 6.07) is 21.0. The summed E-state index contributed by atoms with van der Waals surface area (Å²) in [6.45, 7) is 4.36. The first kappa shape index (κ1) is 23.7. The molecule has 1 amide bonds. The zero-order chi connectivity index (χ0) is 24.1. The van der Waals surface area contributed by atoms with Crippen LogP contribution < -0.4 is 10.6 Å². The summed E-state index contributed by atoms with van der Waals surface area (Å²) in [5.41, 5.74) is 4.97. The molecule has 1 heterocycles. The second kappa shape index (κ2) is 10.6. The number of nitrogens with one attached hydrogen (secondary N) is 2. The van der Waals surface area contributed by atoms with Crippen molar-refractivity contribution < 1.29 is 9.21 Å². The fourth-order valence-corrected chi connectivity index (χ4v) is 3.78. The molecule has 0 saturated carbocycles. The molecule has 0 saturated heterocycles. The van der Waals surface area contributed by atoms with E-state index in [9.17, 15) is 4.79 Å². The van der Waals surface area contributed by atoms with Crippen molar-refractivity contribution in [2.45, 2.75) is 26.2 Å². The molecular formula is C27H24ClN3O2S. The van der Waals surface area contributed by atoms with Gasteiger partial charge in [-0.15, -0.1) is 0 Å². The number of carbonyl (C=O) groups is 1. The number of nitrogens with zero attached hydrogens (tertiary/aromatic N) is 1. The minimum Gasteiger partial charge on any atom is -0.436 e. The molecule has 34 heavy (non-hydrogen) atoms. The number of hydrogen-bond acceptors (Lipinski definition) is 4. The van der Waals surface area contributed by atoms with Crippen molar-refractivity contribution in [1.82, 2.24) is 10.3 Å². The van der Waals surface area contributed by atoms with Crippen molar-refractivity contribution in [2.75, 3.05) is 5.32 Å². The van der Waals surface area contributed by atoms with Gasteiger partial charge in [-0.25, -0.2) is 4.98 Å². The van der Waals surface area contributed by atoms with E-state index < -0.39 is 0 Å². The van der Waals surface area contributed by atoms with Crippen LogP contribution in [0.5, 0.6) is 0 Å². The maximum Gasteiger partial charge on any atom is 0.250 e. The number of rotatable bonds is 6. The molecule has 0 aliphatic rings. The second-order valence-electron chi connectivity index (χ2n) is 7.94. The van der Waals surface area contributed by atoms with Crippen molar-refractivity contribution in [2.24, 2.45) is 0 Å². The van der Waals surface area contributed by atoms with Gasteiger partial charge in [0.25, 0.3) is 0 Å². The number of amides is 1. The first-order valence-electron chi connectivity index (χ1n) is 11.0. The van der Waals surface area contributed by atoms with E-state index in [0.29, 0.717) is 22.5 Å². The molecule has 172 valence electrons. The first-order valence-corrected chi connectivity index (χ1v) is 11.8. The van der Waals surface area contributed by atoms with Crippen LogP contribution in [0.3, 0.4) is 0 Å². The maximum atomic E-state index is 12.2. The van der Waals surface area contributed by atoms with Gasteiger partial charge in [0.1, 0.15) is 5.52 Å². The average molecular weight is 490 g/mol. The summed E-state index contributed by atoms with van der Waals surface area (Å²) in [4.78, 5) is 16.9. The zero-order valence-electron chi connectivity index (χ0n) is 18.8. The summed E-state index contributed by atoms with van der Waals surface area (Å²) >= 11 is 11.6. The van der Waals surface area contributed by atoms with E-state index >= 15 is 0 Å². The van der Waals surface area contributed by atoms with Crippen LogP contribution in [0.2, 0.25) is 5.02 Å². The highest BCUT2D eigenvalue weighted by Gasteiger charge is 2.13. The van der Waals surface area contributed by atoms with Crippen molar-refractivity contribution in [3.63, 3.8) is 0 Å². The number of hydrogen-bond donors (Lipinski definition) is 2. The normalized spacial score (nSPS) is 12.1. The molecule has 4 rings (SSSR count). The lowest BCUT2D eigenvalue weighted by Crippen LogP contribution is -2.32. The smallest absolute Gasteiger partial charge is 0.250 e. The largest absolute Gasteiger partial charge is 0.436 e. The van der Waals surface area contributed by atoms with E-state index in [1.165, 1.54) is 11.6 Å². The van der Waals surface area contributed by atoms with E-state index in [0.717, 1.165) is 28.6 Å². The number of aromatic nitrogens is 1. The third-order valence-electron chi connectivity index (χ3n) is 5.52. The quantitative estimate of drug-likeness (QED) is 0.221. The van der Waals surface area contributed by atoms with Gasteiger partial charge in [-0.1, -0.05) is 61.8 Å². The van der Waals surface area contributed by atoms with Crippen LogP contribution in [-0.2, 0) is 4.79 Å². The summed E-state index contributed by atoms with van der Waals surface area (Å²) < 4.78 is 5.97. The second-order valence-corrected chi connectivity index (χ2v) is 8.75. The lowest BCUT2D eigenvalue weighted by Gasteiger charge is -2.10. The van der Waals surface area contributed by atoms with Gasteiger partial charge in [-0.3, -0.25) is 10.1 Å². The highest BCUT2D eigenvalue weighted by atomic mass is 35.5. The van der Waals surface area contributed by atoms with Gasteiger partial charge in [0, 0.05) is 11.6 Å².